The summed E-state index contributed by atoms with van der Waals surface area (Å²) < 4.78 is 0. The van der Waals surface area contributed by atoms with Gasteiger partial charge in [0.2, 0.25) is 0 Å². The molecule has 1 aromatic carbocycles. The number of aliphatic carboxylic acids is 1. The largest absolute Gasteiger partial charge is 0.477 e. The van der Waals surface area contributed by atoms with Crippen molar-refractivity contribution in [3.05, 3.63) is 50.1 Å². The van der Waals surface area contributed by atoms with Crippen LogP contribution >= 0.6 is 34.5 Å². The van der Waals surface area contributed by atoms with E-state index >= 15 is 0 Å². The zero-order valence-corrected chi connectivity index (χ0v) is 14.6. The molecule has 7 heteroatoms. The van der Waals surface area contributed by atoms with Crippen molar-refractivity contribution in [2.24, 2.45) is 5.10 Å². The van der Waals surface area contributed by atoms with Crippen molar-refractivity contribution in [1.29, 1.82) is 0 Å². The molecule has 1 atom stereocenters. The Balaban J connectivity index is 2.02. The molecule has 1 aliphatic rings. The van der Waals surface area contributed by atoms with Crippen LogP contribution in [0, 0.1) is 0 Å². The van der Waals surface area contributed by atoms with Crippen LogP contribution in [0.5, 0.6) is 0 Å². The molecule has 0 radical (unpaired) electrons. The first-order chi connectivity index (χ1) is 11.0. The normalized spacial score (nSPS) is 17.4. The SMILES string of the molecule is CCc1ccc(C2CC(C(=O)O)=NN2c2ccc(Cl)cc2Cl)s1. The summed E-state index contributed by atoms with van der Waals surface area (Å²) in [6.07, 6.45) is 1.30. The van der Waals surface area contributed by atoms with Crippen molar-refractivity contribution < 1.29 is 9.90 Å². The molecule has 0 amide bonds. The van der Waals surface area contributed by atoms with Crippen molar-refractivity contribution >= 4 is 51.9 Å². The Morgan fingerprint density at radius 3 is 2.78 bits per heavy atom. The van der Waals surface area contributed by atoms with E-state index in [1.807, 2.05) is 6.07 Å². The molecule has 0 spiro atoms. The summed E-state index contributed by atoms with van der Waals surface area (Å²) >= 11 is 13.9. The fourth-order valence-corrected chi connectivity index (χ4v) is 4.05. The molecule has 1 N–H and O–H groups in total. The number of halogens is 2. The van der Waals surface area contributed by atoms with Crippen LogP contribution in [0.15, 0.2) is 35.4 Å². The quantitative estimate of drug-likeness (QED) is 0.824. The van der Waals surface area contributed by atoms with Crippen molar-refractivity contribution in [3.63, 3.8) is 0 Å². The van der Waals surface area contributed by atoms with Gasteiger partial charge >= 0.3 is 5.97 Å². The molecule has 120 valence electrons. The number of hydrogen-bond donors (Lipinski definition) is 1. The summed E-state index contributed by atoms with van der Waals surface area (Å²) in [4.78, 5) is 13.7. The second-order valence-corrected chi connectivity index (χ2v) is 7.21. The minimum Gasteiger partial charge on any atom is -0.477 e. The van der Waals surface area contributed by atoms with Gasteiger partial charge in [0.15, 0.2) is 0 Å². The van der Waals surface area contributed by atoms with Gasteiger partial charge in [-0.25, -0.2) is 4.79 Å². The van der Waals surface area contributed by atoms with E-state index in [-0.39, 0.29) is 11.8 Å². The van der Waals surface area contributed by atoms with E-state index in [2.05, 4.69) is 18.1 Å². The first kappa shape index (κ1) is 16.3. The molecular formula is C16H14Cl2N2O2S. The summed E-state index contributed by atoms with van der Waals surface area (Å²) in [6, 6.07) is 9.06. The van der Waals surface area contributed by atoms with Crippen LogP contribution in [0.25, 0.3) is 0 Å². The average Bonchev–Trinajstić information content (AvgIpc) is 3.13. The molecule has 0 bridgehead atoms. The summed E-state index contributed by atoms with van der Waals surface area (Å²) in [7, 11) is 0. The van der Waals surface area contributed by atoms with E-state index in [0.29, 0.717) is 22.2 Å². The summed E-state index contributed by atoms with van der Waals surface area (Å²) in [5.74, 6) is -1.00. The number of carboxylic acid groups (broad SMARTS) is 1. The zero-order chi connectivity index (χ0) is 16.6. The number of carbonyl (C=O) groups is 1. The van der Waals surface area contributed by atoms with Crippen LogP contribution in [0.1, 0.15) is 29.1 Å². The maximum Gasteiger partial charge on any atom is 0.352 e. The number of nitrogens with zero attached hydrogens (tertiary/aromatic N) is 2. The molecule has 0 saturated heterocycles. The number of rotatable bonds is 4. The Bertz CT molecular complexity index is 788. The molecule has 0 aliphatic carbocycles. The molecule has 3 rings (SSSR count). The van der Waals surface area contributed by atoms with Crippen molar-refractivity contribution in [2.45, 2.75) is 25.8 Å². The minimum atomic E-state index is -1.00. The fraction of sp³-hybridized carbons (Fsp3) is 0.250. The molecule has 2 heterocycles. The summed E-state index contributed by atoms with van der Waals surface area (Å²) in [5, 5.41) is 16.2. The van der Waals surface area contributed by atoms with E-state index in [1.54, 1.807) is 34.5 Å². The zero-order valence-electron chi connectivity index (χ0n) is 12.3. The average molecular weight is 369 g/mol. The predicted molar refractivity (Wildman–Crippen MR) is 95.1 cm³/mol. The third-order valence-electron chi connectivity index (χ3n) is 3.67. The van der Waals surface area contributed by atoms with Gasteiger partial charge in [-0.2, -0.15) is 5.10 Å². The predicted octanol–water partition coefficient (Wildman–Crippen LogP) is 5.01. The number of aryl methyl sites for hydroxylation is 1. The lowest BCUT2D eigenvalue weighted by molar-refractivity contribution is -0.129. The van der Waals surface area contributed by atoms with Gasteiger partial charge in [-0.05, 0) is 36.8 Å². The number of benzene rings is 1. The van der Waals surface area contributed by atoms with E-state index < -0.39 is 5.97 Å². The van der Waals surface area contributed by atoms with Gasteiger partial charge in [0.1, 0.15) is 5.71 Å². The van der Waals surface area contributed by atoms with Gasteiger partial charge in [-0.3, -0.25) is 5.01 Å². The molecule has 1 unspecified atom stereocenters. The molecule has 0 fully saturated rings. The van der Waals surface area contributed by atoms with Crippen molar-refractivity contribution in [1.82, 2.24) is 0 Å². The number of hydrazone groups is 1. The van der Waals surface area contributed by atoms with Crippen LogP contribution in [-0.4, -0.2) is 16.8 Å². The number of hydrogen-bond acceptors (Lipinski definition) is 4. The Morgan fingerprint density at radius 1 is 1.39 bits per heavy atom. The van der Waals surface area contributed by atoms with Crippen molar-refractivity contribution in [3.8, 4) is 0 Å². The maximum absolute atomic E-state index is 11.3. The molecule has 23 heavy (non-hydrogen) atoms. The Hall–Kier alpha value is -1.56. The van der Waals surface area contributed by atoms with Crippen molar-refractivity contribution in [2.75, 3.05) is 5.01 Å². The van der Waals surface area contributed by atoms with Gasteiger partial charge in [0.05, 0.1) is 16.8 Å². The Kier molecular flexibility index (Phi) is 4.62. The Labute approximate surface area is 148 Å². The monoisotopic (exact) mass is 368 g/mol. The minimum absolute atomic E-state index is 0.132. The van der Waals surface area contributed by atoms with E-state index in [0.717, 1.165) is 11.3 Å². The highest BCUT2D eigenvalue weighted by molar-refractivity contribution is 7.12. The fourth-order valence-electron chi connectivity index (χ4n) is 2.51. The highest BCUT2D eigenvalue weighted by atomic mass is 35.5. The molecule has 0 saturated carbocycles. The summed E-state index contributed by atoms with van der Waals surface area (Å²) in [5.41, 5.74) is 0.788. The first-order valence-electron chi connectivity index (χ1n) is 7.13. The van der Waals surface area contributed by atoms with Crippen LogP contribution in [0.3, 0.4) is 0 Å². The van der Waals surface area contributed by atoms with Crippen LogP contribution in [0.4, 0.5) is 5.69 Å². The standard InChI is InChI=1S/C16H14Cl2N2O2S/c1-2-10-4-6-15(23-10)14-8-12(16(21)22)19-20(14)13-5-3-9(17)7-11(13)18/h3-7,14H,2,8H2,1H3,(H,21,22). The smallest absolute Gasteiger partial charge is 0.352 e. The highest BCUT2D eigenvalue weighted by Crippen LogP contribution is 2.41. The van der Waals surface area contributed by atoms with Crippen LogP contribution in [0.2, 0.25) is 10.0 Å². The van der Waals surface area contributed by atoms with Gasteiger partial charge in [0.25, 0.3) is 0 Å². The highest BCUT2D eigenvalue weighted by Gasteiger charge is 2.34. The maximum atomic E-state index is 11.3. The number of thiophene rings is 1. The Morgan fingerprint density at radius 2 is 2.17 bits per heavy atom. The first-order valence-corrected chi connectivity index (χ1v) is 8.70. The van der Waals surface area contributed by atoms with Gasteiger partial charge in [-0.1, -0.05) is 30.1 Å². The second kappa shape index (κ2) is 6.51. The molecular weight excluding hydrogens is 355 g/mol. The lowest BCUT2D eigenvalue weighted by atomic mass is 10.1. The lowest BCUT2D eigenvalue weighted by Gasteiger charge is -2.23. The van der Waals surface area contributed by atoms with E-state index in [1.165, 1.54) is 4.88 Å². The lowest BCUT2D eigenvalue weighted by Crippen LogP contribution is -2.18. The third-order valence-corrected chi connectivity index (χ3v) is 5.54. The van der Waals surface area contributed by atoms with Gasteiger partial charge in [0, 0.05) is 21.2 Å². The number of carboxylic acids is 1. The third kappa shape index (κ3) is 3.22. The summed E-state index contributed by atoms with van der Waals surface area (Å²) in [6.45, 7) is 2.09. The molecule has 2 aromatic rings. The molecule has 4 nitrogen and oxygen atoms in total. The van der Waals surface area contributed by atoms with E-state index in [4.69, 9.17) is 23.2 Å². The van der Waals surface area contributed by atoms with Crippen LogP contribution in [-0.2, 0) is 11.2 Å². The van der Waals surface area contributed by atoms with Crippen LogP contribution < -0.4 is 5.01 Å². The second-order valence-electron chi connectivity index (χ2n) is 5.17. The molecule has 1 aliphatic heterocycles. The van der Waals surface area contributed by atoms with E-state index in [9.17, 15) is 9.90 Å². The van der Waals surface area contributed by atoms with Gasteiger partial charge in [-0.15, -0.1) is 11.3 Å². The molecule has 1 aromatic heterocycles. The van der Waals surface area contributed by atoms with Gasteiger partial charge < -0.3 is 5.11 Å². The number of anilines is 1. The topological polar surface area (TPSA) is 52.9 Å².